The van der Waals surface area contributed by atoms with Gasteiger partial charge in [0.25, 0.3) is 0 Å². The Morgan fingerprint density at radius 3 is 2.62 bits per heavy atom. The molecule has 0 N–H and O–H groups in total. The van der Waals surface area contributed by atoms with E-state index >= 15 is 0 Å². The Balaban J connectivity index is 2.15. The van der Waals surface area contributed by atoms with Crippen LogP contribution in [0.2, 0.25) is 0 Å². The first kappa shape index (κ1) is 7.67. The smallest absolute Gasteiger partial charge is 0.340 e. The van der Waals surface area contributed by atoms with Crippen molar-refractivity contribution in [2.24, 2.45) is 10.2 Å². The third-order valence-electron chi connectivity index (χ3n) is 1.43. The van der Waals surface area contributed by atoms with Gasteiger partial charge in [0.05, 0.1) is 11.9 Å². The van der Waals surface area contributed by atoms with Crippen LogP contribution < -0.4 is 0 Å². The van der Waals surface area contributed by atoms with Gasteiger partial charge >= 0.3 is 6.01 Å². The number of hydrogen-bond donors (Lipinski definition) is 0. The summed E-state index contributed by atoms with van der Waals surface area (Å²) in [5, 5.41) is 7.70. The van der Waals surface area contributed by atoms with Crippen molar-refractivity contribution in [3.05, 3.63) is 42.8 Å². The lowest BCUT2D eigenvalue weighted by Gasteiger charge is -1.86. The summed E-state index contributed by atoms with van der Waals surface area (Å²) in [4.78, 5) is 3.80. The summed E-state index contributed by atoms with van der Waals surface area (Å²) in [6.45, 7) is 0. The maximum Gasteiger partial charge on any atom is 0.340 e. The van der Waals surface area contributed by atoms with Crippen molar-refractivity contribution in [1.29, 1.82) is 0 Å². The SMILES string of the molecule is c1ccc(N=Nc2ncco2)cc1. The fourth-order valence-corrected chi connectivity index (χ4v) is 0.860. The molecule has 0 spiro atoms. The minimum atomic E-state index is 0.267. The highest BCUT2D eigenvalue weighted by Gasteiger charge is 1.91. The lowest BCUT2D eigenvalue weighted by atomic mass is 10.3. The summed E-state index contributed by atoms with van der Waals surface area (Å²) < 4.78 is 4.88. The molecule has 13 heavy (non-hydrogen) atoms. The quantitative estimate of drug-likeness (QED) is 0.655. The van der Waals surface area contributed by atoms with Crippen molar-refractivity contribution in [3.63, 3.8) is 0 Å². The van der Waals surface area contributed by atoms with Crippen LogP contribution in [-0.4, -0.2) is 4.98 Å². The second-order valence-electron chi connectivity index (χ2n) is 2.35. The maximum atomic E-state index is 4.88. The van der Waals surface area contributed by atoms with Crippen molar-refractivity contribution in [2.75, 3.05) is 0 Å². The zero-order chi connectivity index (χ0) is 8.93. The van der Waals surface area contributed by atoms with Crippen molar-refractivity contribution in [2.45, 2.75) is 0 Å². The molecule has 0 aliphatic carbocycles. The number of aromatic nitrogens is 1. The second kappa shape index (κ2) is 3.62. The zero-order valence-corrected chi connectivity index (χ0v) is 6.79. The first-order chi connectivity index (χ1) is 6.45. The second-order valence-corrected chi connectivity index (χ2v) is 2.35. The first-order valence-electron chi connectivity index (χ1n) is 3.81. The van der Waals surface area contributed by atoms with Crippen LogP contribution in [0, 0.1) is 0 Å². The van der Waals surface area contributed by atoms with E-state index in [0.29, 0.717) is 0 Å². The van der Waals surface area contributed by atoms with E-state index in [9.17, 15) is 0 Å². The van der Waals surface area contributed by atoms with E-state index in [1.165, 1.54) is 12.5 Å². The number of hydrogen-bond acceptors (Lipinski definition) is 4. The Bertz CT molecular complexity index is 381. The zero-order valence-electron chi connectivity index (χ0n) is 6.79. The number of rotatable bonds is 2. The van der Waals surface area contributed by atoms with Gasteiger partial charge in [-0.1, -0.05) is 23.3 Å². The largest absolute Gasteiger partial charge is 0.430 e. The molecule has 0 radical (unpaired) electrons. The molecule has 4 heteroatoms. The van der Waals surface area contributed by atoms with E-state index in [4.69, 9.17) is 4.42 Å². The van der Waals surface area contributed by atoms with Crippen LogP contribution in [0.3, 0.4) is 0 Å². The molecule has 0 bridgehead atoms. The molecule has 0 aliphatic rings. The van der Waals surface area contributed by atoms with Crippen molar-refractivity contribution >= 4 is 11.7 Å². The topological polar surface area (TPSA) is 50.8 Å². The minimum Gasteiger partial charge on any atom is -0.430 e. The summed E-state index contributed by atoms with van der Waals surface area (Å²) in [6.07, 6.45) is 2.98. The molecule has 2 rings (SSSR count). The van der Waals surface area contributed by atoms with Gasteiger partial charge in [-0.2, -0.15) is 4.98 Å². The Hall–Kier alpha value is -1.97. The van der Waals surface area contributed by atoms with Gasteiger partial charge < -0.3 is 4.42 Å². The predicted octanol–water partition coefficient (Wildman–Crippen LogP) is 3.09. The van der Waals surface area contributed by atoms with Crippen molar-refractivity contribution in [3.8, 4) is 0 Å². The minimum absolute atomic E-state index is 0.267. The molecule has 2 aromatic rings. The predicted molar refractivity (Wildman–Crippen MR) is 47.1 cm³/mol. The molecule has 0 aliphatic heterocycles. The van der Waals surface area contributed by atoms with E-state index in [1.54, 1.807) is 0 Å². The fourth-order valence-electron chi connectivity index (χ4n) is 0.860. The monoisotopic (exact) mass is 173 g/mol. The van der Waals surface area contributed by atoms with Crippen LogP contribution in [0.15, 0.2) is 57.4 Å². The Morgan fingerprint density at radius 2 is 1.92 bits per heavy atom. The van der Waals surface area contributed by atoms with Gasteiger partial charge in [-0.3, -0.25) is 0 Å². The van der Waals surface area contributed by atoms with E-state index in [0.717, 1.165) is 5.69 Å². The molecular formula is C9H7N3O. The molecular weight excluding hydrogens is 166 g/mol. The van der Waals surface area contributed by atoms with Crippen LogP contribution in [0.1, 0.15) is 0 Å². The lowest BCUT2D eigenvalue weighted by molar-refractivity contribution is 0.564. The standard InChI is InChI=1S/C9H7N3O/c1-2-4-8(5-3-1)11-12-9-10-6-7-13-9/h1-7H. The molecule has 0 unspecified atom stereocenters. The van der Waals surface area contributed by atoms with E-state index in [2.05, 4.69) is 15.2 Å². The third-order valence-corrected chi connectivity index (χ3v) is 1.43. The van der Waals surface area contributed by atoms with E-state index in [-0.39, 0.29) is 6.01 Å². The highest BCUT2D eigenvalue weighted by atomic mass is 16.4. The van der Waals surface area contributed by atoms with Gasteiger partial charge in [0.15, 0.2) is 0 Å². The highest BCUT2D eigenvalue weighted by Crippen LogP contribution is 2.14. The molecule has 0 saturated heterocycles. The van der Waals surface area contributed by atoms with Gasteiger partial charge in [-0.15, -0.1) is 5.11 Å². The summed E-state index contributed by atoms with van der Waals surface area (Å²) in [5.41, 5.74) is 0.778. The number of nitrogens with zero attached hydrogens (tertiary/aromatic N) is 3. The average Bonchev–Trinajstić information content (AvgIpc) is 2.69. The summed E-state index contributed by atoms with van der Waals surface area (Å²) >= 11 is 0. The fraction of sp³-hybridized carbons (Fsp3) is 0. The number of azo groups is 1. The summed E-state index contributed by atoms with van der Waals surface area (Å²) in [5.74, 6) is 0. The van der Waals surface area contributed by atoms with Crippen molar-refractivity contribution in [1.82, 2.24) is 4.98 Å². The first-order valence-corrected chi connectivity index (χ1v) is 3.81. The Morgan fingerprint density at radius 1 is 1.08 bits per heavy atom. The molecule has 1 heterocycles. The molecule has 0 fully saturated rings. The van der Waals surface area contributed by atoms with Crippen LogP contribution in [0.25, 0.3) is 0 Å². The van der Waals surface area contributed by atoms with Gasteiger partial charge in [0.1, 0.15) is 6.26 Å². The van der Waals surface area contributed by atoms with E-state index < -0.39 is 0 Å². The van der Waals surface area contributed by atoms with E-state index in [1.807, 2.05) is 30.3 Å². The van der Waals surface area contributed by atoms with Gasteiger partial charge in [0, 0.05) is 0 Å². The number of benzene rings is 1. The Kier molecular flexibility index (Phi) is 2.14. The third kappa shape index (κ3) is 1.99. The molecule has 4 nitrogen and oxygen atoms in total. The van der Waals surface area contributed by atoms with Gasteiger partial charge in [0.2, 0.25) is 0 Å². The molecule has 0 saturated carbocycles. The summed E-state index contributed by atoms with van der Waals surface area (Å²) in [6, 6.07) is 9.68. The molecule has 1 aromatic carbocycles. The normalized spacial score (nSPS) is 10.8. The number of oxazole rings is 1. The molecule has 0 atom stereocenters. The molecule has 1 aromatic heterocycles. The molecule has 0 amide bonds. The van der Waals surface area contributed by atoms with Crippen LogP contribution >= 0.6 is 0 Å². The lowest BCUT2D eigenvalue weighted by Crippen LogP contribution is -1.61. The van der Waals surface area contributed by atoms with Crippen molar-refractivity contribution < 1.29 is 4.42 Å². The summed E-state index contributed by atoms with van der Waals surface area (Å²) in [7, 11) is 0. The average molecular weight is 173 g/mol. The maximum absolute atomic E-state index is 4.88. The van der Waals surface area contributed by atoms with Gasteiger partial charge in [-0.05, 0) is 12.1 Å². The van der Waals surface area contributed by atoms with Crippen LogP contribution in [0.5, 0.6) is 0 Å². The highest BCUT2D eigenvalue weighted by molar-refractivity contribution is 5.35. The van der Waals surface area contributed by atoms with Crippen LogP contribution in [0.4, 0.5) is 11.7 Å². The Labute approximate surface area is 74.9 Å². The van der Waals surface area contributed by atoms with Gasteiger partial charge in [-0.25, -0.2) is 0 Å². The molecule has 64 valence electrons. The van der Waals surface area contributed by atoms with Crippen LogP contribution in [-0.2, 0) is 0 Å².